The van der Waals surface area contributed by atoms with Crippen LogP contribution >= 0.6 is 11.3 Å². The smallest absolute Gasteiger partial charge is 0.208 e. The third-order valence-corrected chi connectivity index (χ3v) is 6.68. The lowest BCUT2D eigenvalue weighted by atomic mass is 9.85. The lowest BCUT2D eigenvalue weighted by Gasteiger charge is -2.32. The van der Waals surface area contributed by atoms with Crippen molar-refractivity contribution in [3.05, 3.63) is 29.1 Å². The Morgan fingerprint density at radius 1 is 1.27 bits per heavy atom. The molecule has 0 radical (unpaired) electrons. The number of fused-ring (bicyclic) bond motifs is 3. The van der Waals surface area contributed by atoms with Crippen LogP contribution in [0, 0.1) is 5.92 Å². The van der Waals surface area contributed by atoms with Crippen molar-refractivity contribution in [2.45, 2.75) is 38.3 Å². The maximum Gasteiger partial charge on any atom is 0.208 e. The van der Waals surface area contributed by atoms with Gasteiger partial charge in [0.05, 0.1) is 16.8 Å². The largest absolute Gasteiger partial charge is 0.487 e. The molecule has 2 aromatic rings. The summed E-state index contributed by atoms with van der Waals surface area (Å²) in [4.78, 5) is 5.95. The van der Waals surface area contributed by atoms with E-state index in [0.29, 0.717) is 13.2 Å². The third-order valence-electron chi connectivity index (χ3n) is 5.02. The number of sulfonamides is 1. The number of anilines is 1. The van der Waals surface area contributed by atoms with E-state index in [4.69, 9.17) is 9.72 Å². The van der Waals surface area contributed by atoms with Gasteiger partial charge in [0.2, 0.25) is 10.0 Å². The molecule has 0 spiro atoms. The lowest BCUT2D eigenvalue weighted by Crippen LogP contribution is -2.40. The Bertz CT molecular complexity index is 895. The van der Waals surface area contributed by atoms with Crippen molar-refractivity contribution >= 4 is 26.5 Å². The Morgan fingerprint density at radius 3 is 2.92 bits per heavy atom. The van der Waals surface area contributed by atoms with Crippen LogP contribution in [0.5, 0.6) is 5.75 Å². The molecule has 140 valence electrons. The van der Waals surface area contributed by atoms with Crippen molar-refractivity contribution in [1.82, 2.24) is 9.71 Å². The van der Waals surface area contributed by atoms with Gasteiger partial charge in [0, 0.05) is 18.2 Å². The number of aromatic nitrogens is 1. The number of hydrogen-bond acceptors (Lipinski definition) is 6. The van der Waals surface area contributed by atoms with Gasteiger partial charge in [-0.25, -0.2) is 18.1 Å². The molecule has 6 nitrogen and oxygen atoms in total. The standard InChI is InChI=1S/C18H23N3O3S2/c1-26(22,23)19-10-12-6-2-4-8-14(12)20-18-21-17-13-7-3-5-9-15(13)24-11-16(17)25-18/h3,5,7,9,12,14,19H,2,4,6,8,10-11H2,1H3,(H,20,21). The molecule has 1 aliphatic heterocycles. The molecule has 2 heterocycles. The zero-order valence-corrected chi connectivity index (χ0v) is 16.3. The number of ether oxygens (including phenoxy) is 1. The Balaban J connectivity index is 1.51. The molecule has 2 N–H and O–H groups in total. The molecular formula is C18H23N3O3S2. The van der Waals surface area contributed by atoms with Crippen LogP contribution in [0.25, 0.3) is 11.3 Å². The van der Waals surface area contributed by atoms with Crippen molar-refractivity contribution in [2.75, 3.05) is 18.1 Å². The van der Waals surface area contributed by atoms with Gasteiger partial charge in [0.25, 0.3) is 0 Å². The summed E-state index contributed by atoms with van der Waals surface area (Å²) in [6.45, 7) is 1.03. The Labute approximate surface area is 158 Å². The van der Waals surface area contributed by atoms with Crippen LogP contribution in [0.1, 0.15) is 30.6 Å². The highest BCUT2D eigenvalue weighted by molar-refractivity contribution is 7.88. The van der Waals surface area contributed by atoms with E-state index in [0.717, 1.165) is 52.7 Å². The second kappa shape index (κ2) is 7.17. The number of benzene rings is 1. The van der Waals surface area contributed by atoms with Crippen LogP contribution in [-0.4, -0.2) is 32.2 Å². The number of thiazole rings is 1. The van der Waals surface area contributed by atoms with E-state index in [1.807, 2.05) is 24.3 Å². The van der Waals surface area contributed by atoms with Crippen molar-refractivity contribution in [1.29, 1.82) is 0 Å². The molecule has 2 aliphatic rings. The van der Waals surface area contributed by atoms with E-state index in [1.165, 1.54) is 6.26 Å². The van der Waals surface area contributed by atoms with E-state index in [-0.39, 0.29) is 12.0 Å². The molecule has 1 fully saturated rings. The first-order valence-electron chi connectivity index (χ1n) is 8.93. The molecular weight excluding hydrogens is 370 g/mol. The van der Waals surface area contributed by atoms with Crippen molar-refractivity contribution in [3.8, 4) is 17.0 Å². The van der Waals surface area contributed by atoms with Crippen LogP contribution in [0.2, 0.25) is 0 Å². The normalized spacial score (nSPS) is 22.2. The topological polar surface area (TPSA) is 80.3 Å². The minimum atomic E-state index is -3.16. The highest BCUT2D eigenvalue weighted by atomic mass is 32.2. The average Bonchev–Trinajstić information content (AvgIpc) is 3.03. The van der Waals surface area contributed by atoms with Gasteiger partial charge in [-0.2, -0.15) is 0 Å². The van der Waals surface area contributed by atoms with Gasteiger partial charge in [0.1, 0.15) is 12.4 Å². The Hall–Kier alpha value is -1.64. The number of nitrogens with one attached hydrogen (secondary N) is 2. The minimum Gasteiger partial charge on any atom is -0.487 e. The first-order valence-corrected chi connectivity index (χ1v) is 11.6. The third kappa shape index (κ3) is 3.87. The van der Waals surface area contributed by atoms with Crippen LogP contribution in [0.3, 0.4) is 0 Å². The van der Waals surface area contributed by atoms with Gasteiger partial charge < -0.3 is 10.1 Å². The summed E-state index contributed by atoms with van der Waals surface area (Å²) in [5, 5.41) is 4.47. The fraction of sp³-hybridized carbons (Fsp3) is 0.500. The quantitative estimate of drug-likeness (QED) is 0.815. The van der Waals surface area contributed by atoms with Crippen LogP contribution < -0.4 is 14.8 Å². The highest BCUT2D eigenvalue weighted by Crippen LogP contribution is 2.41. The molecule has 1 aromatic carbocycles. The maximum absolute atomic E-state index is 11.4. The lowest BCUT2D eigenvalue weighted by molar-refractivity contribution is 0.305. The summed E-state index contributed by atoms with van der Waals surface area (Å²) in [5.41, 5.74) is 2.04. The van der Waals surface area contributed by atoms with Gasteiger partial charge in [-0.15, -0.1) is 0 Å². The average molecular weight is 394 g/mol. The maximum atomic E-state index is 11.4. The number of para-hydroxylation sites is 1. The van der Waals surface area contributed by atoms with Crippen LogP contribution in [-0.2, 0) is 16.6 Å². The molecule has 1 aromatic heterocycles. The summed E-state index contributed by atoms with van der Waals surface area (Å²) in [6, 6.07) is 8.21. The predicted molar refractivity (Wildman–Crippen MR) is 104 cm³/mol. The summed E-state index contributed by atoms with van der Waals surface area (Å²) in [6.07, 6.45) is 5.57. The van der Waals surface area contributed by atoms with Crippen molar-refractivity contribution < 1.29 is 13.2 Å². The molecule has 26 heavy (non-hydrogen) atoms. The zero-order valence-electron chi connectivity index (χ0n) is 14.7. The summed E-state index contributed by atoms with van der Waals surface area (Å²) >= 11 is 1.63. The van der Waals surface area contributed by atoms with Crippen LogP contribution in [0.4, 0.5) is 5.13 Å². The fourth-order valence-electron chi connectivity index (χ4n) is 3.71. The van der Waals surface area contributed by atoms with Gasteiger partial charge in [0.15, 0.2) is 5.13 Å². The molecule has 2 atom stereocenters. The molecule has 2 unspecified atom stereocenters. The minimum absolute atomic E-state index is 0.238. The molecule has 0 saturated heterocycles. The number of hydrogen-bond donors (Lipinski definition) is 2. The van der Waals surface area contributed by atoms with E-state index >= 15 is 0 Å². The van der Waals surface area contributed by atoms with Gasteiger partial charge >= 0.3 is 0 Å². The highest BCUT2D eigenvalue weighted by Gasteiger charge is 2.28. The summed E-state index contributed by atoms with van der Waals surface area (Å²) < 4.78 is 31.3. The SMILES string of the molecule is CS(=O)(=O)NCC1CCCCC1Nc1nc2c(s1)COc1ccccc1-2. The molecule has 1 aliphatic carbocycles. The first-order chi connectivity index (χ1) is 12.5. The molecule has 1 saturated carbocycles. The number of nitrogens with zero attached hydrogens (tertiary/aromatic N) is 1. The second-order valence-corrected chi connectivity index (χ2v) is 9.91. The molecule has 0 bridgehead atoms. The fourth-order valence-corrected chi connectivity index (χ4v) is 5.18. The van der Waals surface area contributed by atoms with Crippen LogP contribution in [0.15, 0.2) is 24.3 Å². The van der Waals surface area contributed by atoms with E-state index < -0.39 is 10.0 Å². The van der Waals surface area contributed by atoms with E-state index in [9.17, 15) is 8.42 Å². The van der Waals surface area contributed by atoms with Gasteiger partial charge in [-0.05, 0) is 30.9 Å². The second-order valence-electron chi connectivity index (χ2n) is 6.99. The van der Waals surface area contributed by atoms with Crippen molar-refractivity contribution in [3.63, 3.8) is 0 Å². The summed E-state index contributed by atoms with van der Waals surface area (Å²) in [7, 11) is -3.16. The molecule has 0 amide bonds. The van der Waals surface area contributed by atoms with Gasteiger partial charge in [-0.3, -0.25) is 0 Å². The van der Waals surface area contributed by atoms with Gasteiger partial charge in [-0.1, -0.05) is 36.3 Å². The Morgan fingerprint density at radius 2 is 2.08 bits per heavy atom. The first kappa shape index (κ1) is 17.8. The molecule has 8 heteroatoms. The predicted octanol–water partition coefficient (Wildman–Crippen LogP) is 3.22. The summed E-state index contributed by atoms with van der Waals surface area (Å²) in [5.74, 6) is 1.16. The van der Waals surface area contributed by atoms with Crippen molar-refractivity contribution in [2.24, 2.45) is 5.92 Å². The zero-order chi connectivity index (χ0) is 18.1. The monoisotopic (exact) mass is 393 g/mol. The number of rotatable bonds is 5. The van der Waals surface area contributed by atoms with E-state index in [1.54, 1.807) is 11.3 Å². The molecule has 4 rings (SSSR count). The van der Waals surface area contributed by atoms with E-state index in [2.05, 4.69) is 10.0 Å². The Kier molecular flexibility index (Phi) is 4.90.